The van der Waals surface area contributed by atoms with E-state index in [1.54, 1.807) is 18.3 Å². The van der Waals surface area contributed by atoms with Crippen LogP contribution in [0.15, 0.2) is 36.7 Å². The second-order valence-corrected chi connectivity index (χ2v) is 9.17. The van der Waals surface area contributed by atoms with E-state index < -0.39 is 17.9 Å². The van der Waals surface area contributed by atoms with Crippen LogP contribution in [-0.2, 0) is 16.1 Å². The summed E-state index contributed by atoms with van der Waals surface area (Å²) in [6.07, 6.45) is 3.51. The first kappa shape index (κ1) is 26.5. The van der Waals surface area contributed by atoms with Crippen LogP contribution < -0.4 is 25.8 Å². The molecule has 3 aromatic rings. The molecule has 3 heterocycles. The van der Waals surface area contributed by atoms with Gasteiger partial charge >= 0.3 is 0 Å². The molecule has 1 aliphatic rings. The Bertz CT molecular complexity index is 1300. The van der Waals surface area contributed by atoms with Crippen molar-refractivity contribution in [3.63, 3.8) is 0 Å². The predicted molar refractivity (Wildman–Crippen MR) is 138 cm³/mol. The van der Waals surface area contributed by atoms with E-state index in [-0.39, 0.29) is 43.0 Å². The van der Waals surface area contributed by atoms with Crippen LogP contribution >= 0.6 is 0 Å². The van der Waals surface area contributed by atoms with E-state index in [1.165, 1.54) is 18.1 Å². The van der Waals surface area contributed by atoms with E-state index in [4.69, 9.17) is 15.2 Å². The van der Waals surface area contributed by atoms with Crippen LogP contribution in [0.1, 0.15) is 24.3 Å². The summed E-state index contributed by atoms with van der Waals surface area (Å²) in [7, 11) is 1.54. The maximum atomic E-state index is 13.2. The Morgan fingerprint density at radius 2 is 2.05 bits per heavy atom. The summed E-state index contributed by atoms with van der Waals surface area (Å²) < 4.78 is 13.4. The highest BCUT2D eigenvalue weighted by Crippen LogP contribution is 2.32. The molecule has 13 heteroatoms. The zero-order chi connectivity index (χ0) is 27.2. The van der Waals surface area contributed by atoms with Crippen molar-refractivity contribution in [3.05, 3.63) is 42.4 Å². The lowest BCUT2D eigenvalue weighted by Crippen LogP contribution is -2.53. The van der Waals surface area contributed by atoms with E-state index >= 15 is 0 Å². The fraction of sp³-hybridized carbons (Fsp3) is 0.400. The minimum atomic E-state index is -0.782. The number of nitrogens with one attached hydrogen (secondary N) is 3. The molecular formula is C25H32N8O5. The summed E-state index contributed by atoms with van der Waals surface area (Å²) in [5.74, 6) is 0.342. The number of nitrogen functional groups attached to an aromatic ring is 1. The van der Waals surface area contributed by atoms with Gasteiger partial charge in [0.2, 0.25) is 11.8 Å². The normalized spacial score (nSPS) is 17.2. The molecule has 4 rings (SSSR count). The van der Waals surface area contributed by atoms with Crippen LogP contribution in [0.4, 0.5) is 5.82 Å². The third kappa shape index (κ3) is 6.05. The molecule has 1 aliphatic heterocycles. The van der Waals surface area contributed by atoms with Gasteiger partial charge in [0.05, 0.1) is 13.7 Å². The van der Waals surface area contributed by atoms with Crippen LogP contribution in [0.2, 0.25) is 0 Å². The lowest BCUT2D eigenvalue weighted by molar-refractivity contribution is -0.130. The molecule has 5 N–H and O–H groups in total. The molecule has 0 spiro atoms. The number of H-pyrrole nitrogens is 1. The molecule has 13 nitrogen and oxygen atoms in total. The molecule has 2 bridgehead atoms. The average Bonchev–Trinajstić information content (AvgIpc) is 3.54. The average molecular weight is 525 g/mol. The fourth-order valence-corrected chi connectivity index (χ4v) is 4.15. The first-order valence-corrected chi connectivity index (χ1v) is 12.3. The van der Waals surface area contributed by atoms with Gasteiger partial charge in [-0.15, -0.1) is 0 Å². The first-order chi connectivity index (χ1) is 18.3. The summed E-state index contributed by atoms with van der Waals surface area (Å²) in [6, 6.07) is 6.06. The topological polar surface area (TPSA) is 169 Å². The number of hydrogen-bond donors (Lipinski definition) is 4. The van der Waals surface area contributed by atoms with Gasteiger partial charge in [0.15, 0.2) is 11.5 Å². The molecule has 202 valence electrons. The number of carbonyl (C=O) groups is 3. The molecule has 38 heavy (non-hydrogen) atoms. The van der Waals surface area contributed by atoms with Crippen molar-refractivity contribution in [3.8, 4) is 22.9 Å². The number of hydrogen-bond acceptors (Lipinski definition) is 8. The largest absolute Gasteiger partial charge is 0.493 e. The van der Waals surface area contributed by atoms with Gasteiger partial charge in [-0.25, -0.2) is 4.98 Å². The summed E-state index contributed by atoms with van der Waals surface area (Å²) in [4.78, 5) is 44.9. The molecule has 1 atom stereocenters. The van der Waals surface area contributed by atoms with Crippen molar-refractivity contribution in [2.24, 2.45) is 5.92 Å². The molecule has 0 unspecified atom stereocenters. The van der Waals surface area contributed by atoms with Gasteiger partial charge in [0, 0.05) is 37.1 Å². The second-order valence-electron chi connectivity index (χ2n) is 9.17. The van der Waals surface area contributed by atoms with Crippen LogP contribution in [0.25, 0.3) is 11.4 Å². The van der Waals surface area contributed by atoms with Crippen molar-refractivity contribution in [2.45, 2.75) is 26.4 Å². The van der Waals surface area contributed by atoms with Crippen LogP contribution in [0.3, 0.4) is 0 Å². The van der Waals surface area contributed by atoms with Crippen LogP contribution in [0.5, 0.6) is 11.5 Å². The Morgan fingerprint density at radius 1 is 1.24 bits per heavy atom. The SMILES string of the molecule is COc1ccc2cc1OCCN(C(=O)c1cc(N)n[nH]1)CC(=O)N[C@H](C(C)C)C(=O)NCCn1ccnc1-2. The Labute approximate surface area is 219 Å². The number of amides is 3. The zero-order valence-corrected chi connectivity index (χ0v) is 21.6. The highest BCUT2D eigenvalue weighted by atomic mass is 16.5. The number of ether oxygens (including phenoxy) is 2. The smallest absolute Gasteiger partial charge is 0.272 e. The van der Waals surface area contributed by atoms with E-state index in [0.717, 1.165) is 5.56 Å². The lowest BCUT2D eigenvalue weighted by atomic mass is 10.0. The molecule has 2 aromatic heterocycles. The molecule has 0 saturated carbocycles. The highest BCUT2D eigenvalue weighted by molar-refractivity contribution is 5.96. The molecule has 0 radical (unpaired) electrons. The maximum Gasteiger partial charge on any atom is 0.272 e. The number of imidazole rings is 1. The summed E-state index contributed by atoms with van der Waals surface area (Å²) >= 11 is 0. The van der Waals surface area contributed by atoms with Crippen molar-refractivity contribution < 1.29 is 23.9 Å². The van der Waals surface area contributed by atoms with E-state index in [9.17, 15) is 14.4 Å². The number of methoxy groups -OCH3 is 1. The number of aromatic nitrogens is 4. The van der Waals surface area contributed by atoms with Gasteiger partial charge in [0.25, 0.3) is 5.91 Å². The Morgan fingerprint density at radius 3 is 2.76 bits per heavy atom. The molecule has 3 amide bonds. The minimum absolute atomic E-state index is 0.0605. The Balaban J connectivity index is 1.66. The number of aromatic amines is 1. The number of nitrogens with zero attached hydrogens (tertiary/aromatic N) is 4. The monoisotopic (exact) mass is 524 g/mol. The van der Waals surface area contributed by atoms with Crippen LogP contribution in [-0.4, -0.2) is 81.8 Å². The summed E-state index contributed by atoms with van der Waals surface area (Å²) in [5.41, 5.74) is 6.58. The number of carbonyl (C=O) groups excluding carboxylic acids is 3. The third-order valence-electron chi connectivity index (χ3n) is 6.12. The molecule has 0 fully saturated rings. The number of fused-ring (bicyclic) bond motifs is 4. The molecule has 0 aliphatic carbocycles. The minimum Gasteiger partial charge on any atom is -0.493 e. The summed E-state index contributed by atoms with van der Waals surface area (Å²) in [6.45, 7) is 4.29. The van der Waals surface area contributed by atoms with Crippen molar-refractivity contribution >= 4 is 23.5 Å². The van der Waals surface area contributed by atoms with Crippen molar-refractivity contribution in [2.75, 3.05) is 39.1 Å². The van der Waals surface area contributed by atoms with E-state index in [2.05, 4.69) is 25.8 Å². The van der Waals surface area contributed by atoms with Crippen molar-refractivity contribution in [1.29, 1.82) is 0 Å². The third-order valence-corrected chi connectivity index (χ3v) is 6.12. The maximum absolute atomic E-state index is 13.2. The van der Waals surface area contributed by atoms with E-state index in [1.807, 2.05) is 30.7 Å². The fourth-order valence-electron chi connectivity index (χ4n) is 4.15. The quantitative estimate of drug-likeness (QED) is 0.387. The van der Waals surface area contributed by atoms with E-state index in [0.29, 0.717) is 30.4 Å². The Hall–Kier alpha value is -4.55. The number of benzene rings is 1. The van der Waals surface area contributed by atoms with Gasteiger partial charge < -0.3 is 35.3 Å². The zero-order valence-electron chi connectivity index (χ0n) is 21.6. The highest BCUT2D eigenvalue weighted by Gasteiger charge is 2.27. The first-order valence-electron chi connectivity index (χ1n) is 12.3. The van der Waals surface area contributed by atoms with Gasteiger partial charge in [-0.3, -0.25) is 19.5 Å². The van der Waals surface area contributed by atoms with Gasteiger partial charge in [-0.2, -0.15) is 5.10 Å². The molecular weight excluding hydrogens is 492 g/mol. The Kier molecular flexibility index (Phi) is 8.14. The van der Waals surface area contributed by atoms with Gasteiger partial charge in [0.1, 0.15) is 36.5 Å². The van der Waals surface area contributed by atoms with Crippen molar-refractivity contribution in [1.82, 2.24) is 35.3 Å². The van der Waals surface area contributed by atoms with Gasteiger partial charge in [-0.1, -0.05) is 13.8 Å². The van der Waals surface area contributed by atoms with Crippen LogP contribution in [0, 0.1) is 5.92 Å². The standard InChI is InChI=1S/C25H32N8O5/c1-15(2)22-24(35)28-7-9-32-8-6-27-23(32)16-4-5-18(37-3)19(12-16)38-11-10-33(14-21(34)29-22)25(36)17-13-20(26)31-30-17/h4-6,8,12-13,15,22H,7,9-11,14H2,1-3H3,(H,28,35)(H,29,34)(H3,26,30,31)/t22-/m1/s1. The molecule has 1 aromatic carbocycles. The van der Waals surface area contributed by atoms with Gasteiger partial charge in [-0.05, 0) is 24.1 Å². The lowest BCUT2D eigenvalue weighted by Gasteiger charge is -2.25. The number of rotatable bonds is 3. The predicted octanol–water partition coefficient (Wildman–Crippen LogP) is 0.656. The second kappa shape index (κ2) is 11.7. The number of anilines is 1. The summed E-state index contributed by atoms with van der Waals surface area (Å²) in [5, 5.41) is 12.0. The molecule has 0 saturated heterocycles. The number of nitrogens with two attached hydrogens (primary N) is 1.